The normalized spacial score (nSPS) is 18.2. The van der Waals surface area contributed by atoms with E-state index in [1.165, 1.54) is 32.2 Å². The number of hydrogen-bond donors (Lipinski definition) is 1. The van der Waals surface area contributed by atoms with E-state index in [2.05, 4.69) is 10.2 Å². The van der Waals surface area contributed by atoms with E-state index in [9.17, 15) is 18.8 Å². The molecular weight excluding hydrogens is 511 g/mol. The van der Waals surface area contributed by atoms with E-state index in [-0.39, 0.29) is 23.5 Å². The first-order valence-electron chi connectivity index (χ1n) is 12.6. The Hall–Kier alpha value is -3.43. The average Bonchev–Trinajstić information content (AvgIpc) is 3.41. The summed E-state index contributed by atoms with van der Waals surface area (Å²) in [5.74, 6) is -0.418. The number of methoxy groups -OCH3 is 1. The van der Waals surface area contributed by atoms with E-state index < -0.39 is 6.04 Å². The molecule has 4 rings (SSSR count). The van der Waals surface area contributed by atoms with Crippen molar-refractivity contribution >= 4 is 41.1 Å². The molecule has 0 unspecified atom stereocenters. The van der Waals surface area contributed by atoms with Crippen molar-refractivity contribution in [2.45, 2.75) is 32.4 Å². The van der Waals surface area contributed by atoms with Gasteiger partial charge in [-0.1, -0.05) is 23.7 Å². The summed E-state index contributed by atoms with van der Waals surface area (Å²) in [6.45, 7) is 5.27. The zero-order chi connectivity index (χ0) is 27.2. The maximum Gasteiger partial charge on any atom is 0.247 e. The number of carbonyl (C=O) groups excluding carboxylic acids is 3. The molecule has 1 atom stereocenters. The molecule has 2 aromatic rings. The molecule has 38 heavy (non-hydrogen) atoms. The molecule has 2 fully saturated rings. The number of nitrogens with one attached hydrogen (secondary N) is 1. The average molecular weight is 543 g/mol. The van der Waals surface area contributed by atoms with Crippen LogP contribution >= 0.6 is 11.6 Å². The van der Waals surface area contributed by atoms with Crippen LogP contribution in [0, 0.1) is 5.82 Å². The van der Waals surface area contributed by atoms with Crippen LogP contribution in [0.25, 0.3) is 6.08 Å². The Bertz CT molecular complexity index is 1210. The predicted molar refractivity (Wildman–Crippen MR) is 144 cm³/mol. The van der Waals surface area contributed by atoms with Crippen molar-refractivity contribution in [1.82, 2.24) is 14.7 Å². The Morgan fingerprint density at radius 1 is 1.11 bits per heavy atom. The van der Waals surface area contributed by atoms with Gasteiger partial charge in [-0.2, -0.15) is 0 Å². The van der Waals surface area contributed by atoms with Crippen LogP contribution in [-0.4, -0.2) is 78.3 Å². The third kappa shape index (κ3) is 6.71. The molecule has 0 aliphatic carbocycles. The lowest BCUT2D eigenvalue weighted by Crippen LogP contribution is -2.47. The van der Waals surface area contributed by atoms with Crippen LogP contribution in [0.4, 0.5) is 10.1 Å². The van der Waals surface area contributed by atoms with Crippen molar-refractivity contribution in [1.29, 1.82) is 0 Å². The second kappa shape index (κ2) is 12.4. The molecule has 2 aromatic carbocycles. The van der Waals surface area contributed by atoms with Gasteiger partial charge in [0.1, 0.15) is 17.6 Å². The predicted octanol–water partition coefficient (Wildman–Crippen LogP) is 3.79. The minimum atomic E-state index is -0.543. The standard InChI is InChI=1S/C28H32ClFN4O4/c1-19(35)34-11-3-4-25(34)28(37)31-24-17-23(29)26(38-2)16-21(24)7-10-27(36)33-14-12-32(13-15-33)18-20-5-8-22(30)9-6-20/h5-10,16-17,25H,3-4,11-15,18H2,1-2H3,(H,31,37)/b10-7+/t25-/m0/s1. The number of nitrogens with zero attached hydrogens (tertiary/aromatic N) is 3. The molecule has 2 aliphatic heterocycles. The van der Waals surface area contributed by atoms with Crippen LogP contribution < -0.4 is 10.1 Å². The Kier molecular flexibility index (Phi) is 9.01. The van der Waals surface area contributed by atoms with Gasteiger partial charge in [-0.05, 0) is 48.7 Å². The van der Waals surface area contributed by atoms with Gasteiger partial charge in [-0.3, -0.25) is 19.3 Å². The van der Waals surface area contributed by atoms with Crippen molar-refractivity contribution in [3.63, 3.8) is 0 Å². The maximum absolute atomic E-state index is 13.2. The van der Waals surface area contributed by atoms with E-state index >= 15 is 0 Å². The number of ether oxygens (including phenoxy) is 1. The highest BCUT2D eigenvalue weighted by Gasteiger charge is 2.32. The Balaban J connectivity index is 1.41. The number of hydrogen-bond acceptors (Lipinski definition) is 5. The number of rotatable bonds is 7. The molecule has 3 amide bonds. The molecule has 0 aromatic heterocycles. The first-order chi connectivity index (χ1) is 18.2. The topological polar surface area (TPSA) is 82.2 Å². The first kappa shape index (κ1) is 27.6. The van der Waals surface area contributed by atoms with Gasteiger partial charge in [-0.25, -0.2) is 4.39 Å². The van der Waals surface area contributed by atoms with Gasteiger partial charge in [0.15, 0.2) is 0 Å². The smallest absolute Gasteiger partial charge is 0.247 e. The number of carbonyl (C=O) groups is 3. The molecule has 1 N–H and O–H groups in total. The van der Waals surface area contributed by atoms with E-state index in [4.69, 9.17) is 16.3 Å². The summed E-state index contributed by atoms with van der Waals surface area (Å²) in [6.07, 6.45) is 4.47. The fraction of sp³-hybridized carbons (Fsp3) is 0.393. The van der Waals surface area contributed by atoms with E-state index in [1.807, 2.05) is 0 Å². The minimum absolute atomic E-state index is 0.140. The minimum Gasteiger partial charge on any atom is -0.495 e. The number of amides is 3. The van der Waals surface area contributed by atoms with Gasteiger partial charge in [0.05, 0.1) is 12.1 Å². The van der Waals surface area contributed by atoms with Gasteiger partial charge in [-0.15, -0.1) is 0 Å². The Morgan fingerprint density at radius 2 is 1.82 bits per heavy atom. The molecular formula is C28H32ClFN4O4. The lowest BCUT2D eigenvalue weighted by Gasteiger charge is -2.34. The monoisotopic (exact) mass is 542 g/mol. The van der Waals surface area contributed by atoms with Gasteiger partial charge in [0, 0.05) is 63.5 Å². The molecule has 2 heterocycles. The van der Waals surface area contributed by atoms with Crippen molar-refractivity contribution in [2.24, 2.45) is 0 Å². The summed E-state index contributed by atoms with van der Waals surface area (Å²) in [5.41, 5.74) is 2.03. The largest absolute Gasteiger partial charge is 0.495 e. The highest BCUT2D eigenvalue weighted by atomic mass is 35.5. The molecule has 0 saturated carbocycles. The Labute approximate surface area is 227 Å². The molecule has 8 nitrogen and oxygen atoms in total. The summed E-state index contributed by atoms with van der Waals surface area (Å²) < 4.78 is 18.5. The molecule has 0 spiro atoms. The molecule has 0 bridgehead atoms. The van der Waals surface area contributed by atoms with Gasteiger partial charge in [0.25, 0.3) is 0 Å². The number of likely N-dealkylation sites (tertiary alicyclic amines) is 1. The number of piperazine rings is 1. The number of anilines is 1. The fourth-order valence-electron chi connectivity index (χ4n) is 4.84. The molecule has 0 radical (unpaired) electrons. The zero-order valence-corrected chi connectivity index (χ0v) is 22.3. The number of benzene rings is 2. The van der Waals surface area contributed by atoms with E-state index in [0.717, 1.165) is 12.0 Å². The summed E-state index contributed by atoms with van der Waals surface area (Å²) >= 11 is 6.32. The molecule has 2 aliphatic rings. The molecule has 2 saturated heterocycles. The molecule has 202 valence electrons. The Morgan fingerprint density at radius 3 is 2.47 bits per heavy atom. The van der Waals surface area contributed by atoms with Crippen LogP contribution in [-0.2, 0) is 20.9 Å². The quantitative estimate of drug-likeness (QED) is 0.538. The van der Waals surface area contributed by atoms with Gasteiger partial charge >= 0.3 is 0 Å². The maximum atomic E-state index is 13.2. The second-order valence-electron chi connectivity index (χ2n) is 9.49. The number of halogens is 2. The first-order valence-corrected chi connectivity index (χ1v) is 13.0. The van der Waals surface area contributed by atoms with Crippen molar-refractivity contribution < 1.29 is 23.5 Å². The van der Waals surface area contributed by atoms with Gasteiger partial charge < -0.3 is 19.9 Å². The summed E-state index contributed by atoms with van der Waals surface area (Å²) in [7, 11) is 1.49. The SMILES string of the molecule is COc1cc(/C=C/C(=O)N2CCN(Cc3ccc(F)cc3)CC2)c(NC(=O)[C@@H]2CCCN2C(C)=O)cc1Cl. The van der Waals surface area contributed by atoms with Crippen LogP contribution in [0.3, 0.4) is 0 Å². The highest BCUT2D eigenvalue weighted by molar-refractivity contribution is 6.32. The fourth-order valence-corrected chi connectivity index (χ4v) is 5.09. The third-order valence-electron chi connectivity index (χ3n) is 6.95. The zero-order valence-electron chi connectivity index (χ0n) is 21.6. The third-order valence-corrected chi connectivity index (χ3v) is 7.25. The lowest BCUT2D eigenvalue weighted by molar-refractivity contribution is -0.134. The van der Waals surface area contributed by atoms with E-state index in [1.54, 1.807) is 40.1 Å². The van der Waals surface area contributed by atoms with Crippen LogP contribution in [0.1, 0.15) is 30.9 Å². The van der Waals surface area contributed by atoms with Crippen LogP contribution in [0.2, 0.25) is 5.02 Å². The van der Waals surface area contributed by atoms with E-state index in [0.29, 0.717) is 67.7 Å². The summed E-state index contributed by atoms with van der Waals surface area (Å²) in [5, 5.41) is 3.20. The summed E-state index contributed by atoms with van der Waals surface area (Å²) in [4.78, 5) is 43.4. The van der Waals surface area contributed by atoms with Crippen molar-refractivity contribution in [3.8, 4) is 5.75 Å². The van der Waals surface area contributed by atoms with Crippen LogP contribution in [0.5, 0.6) is 5.75 Å². The lowest BCUT2D eigenvalue weighted by atomic mass is 10.1. The molecule has 10 heteroatoms. The van der Waals surface area contributed by atoms with Crippen molar-refractivity contribution in [2.75, 3.05) is 45.2 Å². The van der Waals surface area contributed by atoms with Crippen molar-refractivity contribution in [3.05, 3.63) is 64.4 Å². The summed E-state index contributed by atoms with van der Waals surface area (Å²) in [6, 6.07) is 9.17. The second-order valence-corrected chi connectivity index (χ2v) is 9.90. The van der Waals surface area contributed by atoms with Gasteiger partial charge in [0.2, 0.25) is 17.7 Å². The highest BCUT2D eigenvalue weighted by Crippen LogP contribution is 2.32. The van der Waals surface area contributed by atoms with Crippen LogP contribution in [0.15, 0.2) is 42.5 Å².